The molecule has 1 saturated heterocycles. The van der Waals surface area contributed by atoms with Gasteiger partial charge in [0, 0.05) is 18.8 Å². The van der Waals surface area contributed by atoms with Crippen molar-refractivity contribution >= 4 is 34.7 Å². The molecule has 9 nitrogen and oxygen atoms in total. The molecular weight excluding hydrogens is 471 g/mol. The van der Waals surface area contributed by atoms with Crippen LogP contribution >= 0.6 is 0 Å². The van der Waals surface area contributed by atoms with Gasteiger partial charge in [0.1, 0.15) is 0 Å². The Morgan fingerprint density at radius 1 is 1.14 bits per heavy atom. The van der Waals surface area contributed by atoms with Gasteiger partial charge in [0.15, 0.2) is 11.5 Å². The summed E-state index contributed by atoms with van der Waals surface area (Å²) in [5, 5.41) is 9.68. The monoisotopic (exact) mass is 489 g/mol. The van der Waals surface area contributed by atoms with Crippen LogP contribution in [0.25, 0.3) is 11.1 Å². The number of carbonyl (C=O) groups excluding carboxylic acids is 2. The maximum Gasteiger partial charge on any atom is 0.419 e. The quantitative estimate of drug-likeness (QED) is 0.565. The van der Waals surface area contributed by atoms with E-state index in [0.29, 0.717) is 5.52 Å². The summed E-state index contributed by atoms with van der Waals surface area (Å²) < 4.78 is 46.9. The number of aryl methyl sites for hydroxylation is 1. The number of carbonyl (C=O) groups is 3. The standard InChI is InChI=1S/C23H18F3N3O6/c1-27-17-7-5-11(9-18(17)35-22(27)34)28-10-14(20(31)32)19(30)29(21(28)33)16-8-6-12-13(16)3-2-4-15(12)23(24,25)26/h2-5,7,9,14,16H,6,8,10H2,1H3,(H,31,32)/t14?,16-/m0/s1. The molecule has 35 heavy (non-hydrogen) atoms. The van der Waals surface area contributed by atoms with Crippen LogP contribution < -0.4 is 10.7 Å². The number of hydrogen-bond acceptors (Lipinski definition) is 5. The van der Waals surface area contributed by atoms with Crippen molar-refractivity contribution in [3.05, 3.63) is 63.6 Å². The third-order valence-corrected chi connectivity index (χ3v) is 6.58. The number of urea groups is 1. The van der Waals surface area contributed by atoms with Crippen LogP contribution in [-0.4, -0.2) is 39.0 Å². The van der Waals surface area contributed by atoms with Crippen LogP contribution in [0.2, 0.25) is 0 Å². The van der Waals surface area contributed by atoms with E-state index in [2.05, 4.69) is 0 Å². The second-order valence-electron chi connectivity index (χ2n) is 8.50. The molecule has 1 N–H and O–H groups in total. The molecule has 1 unspecified atom stereocenters. The number of aliphatic carboxylic acids is 1. The predicted octanol–water partition coefficient (Wildman–Crippen LogP) is 3.31. The molecule has 0 saturated carbocycles. The highest BCUT2D eigenvalue weighted by Gasteiger charge is 2.49. The normalized spacial score (nSPS) is 20.6. The highest BCUT2D eigenvalue weighted by molar-refractivity contribution is 6.12. The van der Waals surface area contributed by atoms with E-state index in [0.717, 1.165) is 15.9 Å². The topological polar surface area (TPSA) is 113 Å². The summed E-state index contributed by atoms with van der Waals surface area (Å²) in [5.74, 6) is -4.71. The maximum atomic E-state index is 13.5. The van der Waals surface area contributed by atoms with E-state index in [1.807, 2.05) is 0 Å². The number of fused-ring (bicyclic) bond motifs is 2. The molecule has 2 atom stereocenters. The molecule has 2 aliphatic rings. The van der Waals surface area contributed by atoms with Crippen molar-refractivity contribution in [1.29, 1.82) is 0 Å². The maximum absolute atomic E-state index is 13.5. The van der Waals surface area contributed by atoms with Crippen molar-refractivity contribution in [2.45, 2.75) is 25.1 Å². The SMILES string of the molecule is Cn1c(=O)oc2cc(N3CC(C(=O)O)C(=O)N([C@H]4CCc5c4cccc5C(F)(F)F)C3=O)ccc21. The Kier molecular flexibility index (Phi) is 5.00. The summed E-state index contributed by atoms with van der Waals surface area (Å²) in [6.07, 6.45) is -4.60. The van der Waals surface area contributed by atoms with Gasteiger partial charge in [-0.15, -0.1) is 0 Å². The van der Waals surface area contributed by atoms with Gasteiger partial charge in [0.05, 0.1) is 23.7 Å². The van der Waals surface area contributed by atoms with Gasteiger partial charge < -0.3 is 9.52 Å². The van der Waals surface area contributed by atoms with E-state index in [1.54, 1.807) is 0 Å². The minimum atomic E-state index is -4.61. The molecular formula is C23H18F3N3O6. The molecule has 0 bridgehead atoms. The van der Waals surface area contributed by atoms with Crippen molar-refractivity contribution in [1.82, 2.24) is 9.47 Å². The average Bonchev–Trinajstić information content (AvgIpc) is 3.33. The van der Waals surface area contributed by atoms with E-state index < -0.39 is 53.9 Å². The second kappa shape index (κ2) is 7.72. The zero-order valence-electron chi connectivity index (χ0n) is 18.2. The van der Waals surface area contributed by atoms with Gasteiger partial charge in [-0.1, -0.05) is 12.1 Å². The Balaban J connectivity index is 1.59. The van der Waals surface area contributed by atoms with Crippen molar-refractivity contribution in [3.8, 4) is 0 Å². The molecule has 1 fully saturated rings. The number of anilines is 1. The first-order valence-electron chi connectivity index (χ1n) is 10.6. The first-order valence-corrected chi connectivity index (χ1v) is 10.6. The Morgan fingerprint density at radius 2 is 1.89 bits per heavy atom. The fourth-order valence-electron chi connectivity index (χ4n) is 4.87. The Labute approximate surface area is 194 Å². The van der Waals surface area contributed by atoms with Crippen molar-refractivity contribution in [2.24, 2.45) is 13.0 Å². The highest BCUT2D eigenvalue weighted by Crippen LogP contribution is 2.44. The zero-order chi connectivity index (χ0) is 25.2. The van der Waals surface area contributed by atoms with Crippen LogP contribution in [0, 0.1) is 5.92 Å². The molecule has 2 heterocycles. The zero-order valence-corrected chi connectivity index (χ0v) is 18.2. The van der Waals surface area contributed by atoms with Crippen molar-refractivity contribution in [3.63, 3.8) is 0 Å². The lowest BCUT2D eigenvalue weighted by atomic mass is 9.98. The molecule has 1 aromatic heterocycles. The number of nitrogens with zero attached hydrogens (tertiary/aromatic N) is 3. The lowest BCUT2D eigenvalue weighted by Crippen LogP contribution is -2.59. The minimum absolute atomic E-state index is 0.0120. The number of rotatable bonds is 3. The predicted molar refractivity (Wildman–Crippen MR) is 115 cm³/mol. The van der Waals surface area contributed by atoms with Gasteiger partial charge in [0.25, 0.3) is 0 Å². The smallest absolute Gasteiger partial charge is 0.419 e. The number of carboxylic acids is 1. The molecule has 1 aliphatic carbocycles. The first-order chi connectivity index (χ1) is 16.5. The van der Waals surface area contributed by atoms with Crippen LogP contribution in [0.4, 0.5) is 23.7 Å². The van der Waals surface area contributed by atoms with E-state index in [1.165, 1.54) is 41.9 Å². The number of aromatic nitrogens is 1. The highest BCUT2D eigenvalue weighted by atomic mass is 19.4. The Morgan fingerprint density at radius 3 is 2.57 bits per heavy atom. The molecule has 0 radical (unpaired) electrons. The lowest BCUT2D eigenvalue weighted by molar-refractivity contribution is -0.151. The van der Waals surface area contributed by atoms with Gasteiger partial charge in [-0.25, -0.2) is 9.59 Å². The van der Waals surface area contributed by atoms with Gasteiger partial charge in [-0.05, 0) is 42.2 Å². The number of imide groups is 1. The van der Waals surface area contributed by atoms with Crippen LogP contribution in [0.15, 0.2) is 45.6 Å². The first kappa shape index (κ1) is 22.7. The van der Waals surface area contributed by atoms with Crippen LogP contribution in [-0.2, 0) is 29.2 Å². The largest absolute Gasteiger partial charge is 0.481 e. The van der Waals surface area contributed by atoms with Crippen molar-refractivity contribution < 1.29 is 37.1 Å². The molecule has 12 heteroatoms. The van der Waals surface area contributed by atoms with Crippen molar-refractivity contribution in [2.75, 3.05) is 11.4 Å². The second-order valence-corrected chi connectivity index (χ2v) is 8.50. The summed E-state index contributed by atoms with van der Waals surface area (Å²) in [7, 11) is 1.49. The summed E-state index contributed by atoms with van der Waals surface area (Å²) in [6, 6.07) is 6.03. The number of carboxylic acid groups (broad SMARTS) is 1. The summed E-state index contributed by atoms with van der Waals surface area (Å²) >= 11 is 0. The molecule has 2 aromatic carbocycles. The molecule has 182 valence electrons. The number of benzene rings is 2. The Hall–Kier alpha value is -4.09. The van der Waals surface area contributed by atoms with Gasteiger partial charge in [-0.2, -0.15) is 13.2 Å². The fourth-order valence-corrected chi connectivity index (χ4v) is 4.87. The molecule has 5 rings (SSSR count). The minimum Gasteiger partial charge on any atom is -0.481 e. The number of amides is 3. The lowest BCUT2D eigenvalue weighted by Gasteiger charge is -2.40. The number of halogens is 3. The number of hydrogen-bond donors (Lipinski definition) is 1. The number of alkyl halides is 3. The average molecular weight is 489 g/mol. The van der Waals surface area contributed by atoms with E-state index in [4.69, 9.17) is 4.42 Å². The van der Waals surface area contributed by atoms with E-state index in [9.17, 15) is 37.5 Å². The van der Waals surface area contributed by atoms with Crippen LogP contribution in [0.5, 0.6) is 0 Å². The fraction of sp³-hybridized carbons (Fsp3) is 0.304. The van der Waals surface area contributed by atoms with Crippen LogP contribution in [0.3, 0.4) is 0 Å². The van der Waals surface area contributed by atoms with Crippen LogP contribution in [0.1, 0.15) is 29.2 Å². The van der Waals surface area contributed by atoms with E-state index in [-0.39, 0.29) is 35.2 Å². The summed E-state index contributed by atoms with van der Waals surface area (Å²) in [6.45, 7) is -0.478. The number of oxazole rings is 1. The van der Waals surface area contributed by atoms with E-state index >= 15 is 0 Å². The van der Waals surface area contributed by atoms with Gasteiger partial charge >= 0.3 is 23.9 Å². The van der Waals surface area contributed by atoms with Gasteiger partial charge in [0.2, 0.25) is 5.91 Å². The summed E-state index contributed by atoms with van der Waals surface area (Å²) in [5.41, 5.74) is 0.0852. The van der Waals surface area contributed by atoms with Gasteiger partial charge in [-0.3, -0.25) is 24.0 Å². The Bertz CT molecular complexity index is 1460. The third-order valence-electron chi connectivity index (χ3n) is 6.58. The molecule has 0 spiro atoms. The summed E-state index contributed by atoms with van der Waals surface area (Å²) in [4.78, 5) is 52.2. The third kappa shape index (κ3) is 3.47. The molecule has 3 aromatic rings. The molecule has 3 amide bonds. The molecule has 1 aliphatic heterocycles.